The molecule has 2 heterocycles. The van der Waals surface area contributed by atoms with Crippen molar-refractivity contribution < 1.29 is 9.53 Å². The molecule has 1 atom stereocenters. The Morgan fingerprint density at radius 2 is 2.47 bits per heavy atom. The summed E-state index contributed by atoms with van der Waals surface area (Å²) in [6, 6.07) is 4.05. The maximum absolute atomic E-state index is 11.9. The summed E-state index contributed by atoms with van der Waals surface area (Å²) in [5, 5.41) is 6.29. The summed E-state index contributed by atoms with van der Waals surface area (Å²) in [6.07, 6.45) is 6.72. The van der Waals surface area contributed by atoms with Crippen LogP contribution in [0.25, 0.3) is 0 Å². The largest absolute Gasteiger partial charge is 0.480 e. The Labute approximate surface area is 113 Å². The number of rotatable bonds is 5. The molecule has 1 fully saturated rings. The summed E-state index contributed by atoms with van der Waals surface area (Å²) in [5.41, 5.74) is 0.631. The monoisotopic (exact) mass is 263 g/mol. The third kappa shape index (κ3) is 4.21. The molecule has 104 valence electrons. The number of pyridine rings is 1. The van der Waals surface area contributed by atoms with Gasteiger partial charge in [-0.3, -0.25) is 4.79 Å². The Morgan fingerprint density at radius 1 is 1.58 bits per heavy atom. The zero-order valence-electron chi connectivity index (χ0n) is 11.3. The molecule has 1 aromatic rings. The van der Waals surface area contributed by atoms with Gasteiger partial charge in [-0.05, 0) is 37.9 Å². The topological polar surface area (TPSA) is 63.2 Å². The van der Waals surface area contributed by atoms with Crippen molar-refractivity contribution in [2.24, 2.45) is 0 Å². The number of carbonyl (C=O) groups is 1. The van der Waals surface area contributed by atoms with Gasteiger partial charge in [0.2, 0.25) is 11.8 Å². The maximum atomic E-state index is 11.9. The third-order valence-corrected chi connectivity index (χ3v) is 3.37. The van der Waals surface area contributed by atoms with E-state index in [4.69, 9.17) is 4.74 Å². The smallest absolute Gasteiger partial charge is 0.237 e. The van der Waals surface area contributed by atoms with E-state index in [1.165, 1.54) is 19.3 Å². The molecule has 2 rings (SSSR count). The van der Waals surface area contributed by atoms with Gasteiger partial charge in [-0.25, -0.2) is 4.98 Å². The molecule has 5 nitrogen and oxygen atoms in total. The number of anilines is 1. The second-order valence-electron chi connectivity index (χ2n) is 4.79. The molecule has 2 N–H and O–H groups in total. The van der Waals surface area contributed by atoms with Gasteiger partial charge in [0.25, 0.3) is 0 Å². The molecule has 0 bridgehead atoms. The van der Waals surface area contributed by atoms with E-state index in [-0.39, 0.29) is 5.91 Å². The van der Waals surface area contributed by atoms with E-state index in [2.05, 4.69) is 15.6 Å². The van der Waals surface area contributed by atoms with E-state index in [0.717, 1.165) is 13.0 Å². The van der Waals surface area contributed by atoms with Crippen LogP contribution in [0.5, 0.6) is 5.88 Å². The summed E-state index contributed by atoms with van der Waals surface area (Å²) in [5.74, 6) is 0.463. The van der Waals surface area contributed by atoms with Crippen LogP contribution in [-0.2, 0) is 4.79 Å². The molecule has 0 aromatic carbocycles. The number of aromatic nitrogens is 1. The van der Waals surface area contributed by atoms with Gasteiger partial charge in [0, 0.05) is 18.7 Å². The first-order valence-corrected chi connectivity index (χ1v) is 6.82. The Bertz CT molecular complexity index is 417. The Kier molecular flexibility index (Phi) is 5.15. The molecule has 5 heteroatoms. The Morgan fingerprint density at radius 3 is 3.21 bits per heavy atom. The first kappa shape index (κ1) is 13.8. The highest BCUT2D eigenvalue weighted by atomic mass is 16.5. The first-order valence-electron chi connectivity index (χ1n) is 6.82. The van der Waals surface area contributed by atoms with Crippen LogP contribution >= 0.6 is 0 Å². The summed E-state index contributed by atoms with van der Waals surface area (Å²) in [6.45, 7) is 1.07. The molecular weight excluding hydrogens is 242 g/mol. The molecule has 0 aliphatic carbocycles. The molecule has 1 amide bonds. The average molecular weight is 263 g/mol. The Balaban J connectivity index is 1.80. The molecule has 0 radical (unpaired) electrons. The number of hydrogen-bond acceptors (Lipinski definition) is 4. The number of methoxy groups -OCH3 is 1. The van der Waals surface area contributed by atoms with Crippen molar-refractivity contribution in [3.63, 3.8) is 0 Å². The van der Waals surface area contributed by atoms with E-state index >= 15 is 0 Å². The van der Waals surface area contributed by atoms with Crippen molar-refractivity contribution in [3.05, 3.63) is 18.3 Å². The lowest BCUT2D eigenvalue weighted by Crippen LogP contribution is -2.34. The van der Waals surface area contributed by atoms with Crippen LogP contribution in [0.2, 0.25) is 0 Å². The highest BCUT2D eigenvalue weighted by molar-refractivity contribution is 5.91. The van der Waals surface area contributed by atoms with Crippen molar-refractivity contribution in [3.8, 4) is 5.88 Å². The van der Waals surface area contributed by atoms with Gasteiger partial charge >= 0.3 is 0 Å². The number of nitrogens with one attached hydrogen (secondary N) is 2. The number of ether oxygens (including phenoxy) is 1. The van der Waals surface area contributed by atoms with Crippen molar-refractivity contribution in [2.75, 3.05) is 19.0 Å². The van der Waals surface area contributed by atoms with Gasteiger partial charge in [-0.1, -0.05) is 6.42 Å². The van der Waals surface area contributed by atoms with Crippen LogP contribution in [0.3, 0.4) is 0 Å². The summed E-state index contributed by atoms with van der Waals surface area (Å²) in [7, 11) is 1.55. The zero-order chi connectivity index (χ0) is 13.5. The van der Waals surface area contributed by atoms with Crippen LogP contribution in [0.4, 0.5) is 5.69 Å². The lowest BCUT2D eigenvalue weighted by atomic mass is 10.0. The van der Waals surface area contributed by atoms with E-state index < -0.39 is 0 Å². The molecule has 0 saturated carbocycles. The fourth-order valence-corrected chi connectivity index (χ4v) is 2.34. The van der Waals surface area contributed by atoms with Gasteiger partial charge in [0.1, 0.15) is 5.69 Å². The van der Waals surface area contributed by atoms with Gasteiger partial charge in [0.15, 0.2) is 0 Å². The van der Waals surface area contributed by atoms with E-state index in [0.29, 0.717) is 24.0 Å². The van der Waals surface area contributed by atoms with E-state index in [9.17, 15) is 4.79 Å². The van der Waals surface area contributed by atoms with Gasteiger partial charge < -0.3 is 15.4 Å². The quantitative estimate of drug-likeness (QED) is 0.852. The molecule has 1 saturated heterocycles. The Hall–Kier alpha value is -1.62. The zero-order valence-corrected chi connectivity index (χ0v) is 11.3. The molecule has 0 spiro atoms. The number of hydrogen-bond donors (Lipinski definition) is 2. The molecule has 1 unspecified atom stereocenters. The van der Waals surface area contributed by atoms with E-state index in [1.54, 1.807) is 25.4 Å². The minimum atomic E-state index is 0.0127. The van der Waals surface area contributed by atoms with Crippen LogP contribution < -0.4 is 15.4 Å². The predicted octanol–water partition coefficient (Wildman–Crippen LogP) is 1.95. The normalized spacial score (nSPS) is 18.9. The predicted molar refractivity (Wildman–Crippen MR) is 74.3 cm³/mol. The van der Waals surface area contributed by atoms with E-state index in [1.807, 2.05) is 0 Å². The minimum absolute atomic E-state index is 0.0127. The fourth-order valence-electron chi connectivity index (χ4n) is 2.34. The first-order chi connectivity index (χ1) is 9.29. The molecule has 1 aliphatic heterocycles. The lowest BCUT2D eigenvalue weighted by Gasteiger charge is -2.23. The number of nitrogens with zero attached hydrogens (tertiary/aromatic N) is 1. The minimum Gasteiger partial charge on any atom is -0.480 e. The fraction of sp³-hybridized carbons (Fsp3) is 0.571. The highest BCUT2D eigenvalue weighted by Crippen LogP contribution is 2.20. The van der Waals surface area contributed by atoms with Crippen molar-refractivity contribution >= 4 is 11.6 Å². The van der Waals surface area contributed by atoms with Crippen LogP contribution in [0.15, 0.2) is 18.3 Å². The molecule has 1 aromatic heterocycles. The van der Waals surface area contributed by atoms with Gasteiger partial charge in [-0.15, -0.1) is 0 Å². The highest BCUT2D eigenvalue weighted by Gasteiger charge is 2.14. The lowest BCUT2D eigenvalue weighted by molar-refractivity contribution is -0.116. The number of amides is 1. The second-order valence-corrected chi connectivity index (χ2v) is 4.79. The van der Waals surface area contributed by atoms with Crippen molar-refractivity contribution in [2.45, 2.75) is 38.1 Å². The van der Waals surface area contributed by atoms with Crippen LogP contribution in [0.1, 0.15) is 32.1 Å². The van der Waals surface area contributed by atoms with Crippen molar-refractivity contribution in [1.29, 1.82) is 0 Å². The van der Waals surface area contributed by atoms with Gasteiger partial charge in [0.05, 0.1) is 7.11 Å². The summed E-state index contributed by atoms with van der Waals surface area (Å²) >= 11 is 0. The maximum Gasteiger partial charge on any atom is 0.237 e. The molecule has 1 aliphatic rings. The average Bonchev–Trinajstić information content (AvgIpc) is 2.47. The standard InChI is InChI=1S/C14H21N3O2/c1-19-14-12(6-4-10-16-14)17-13(18)8-7-11-5-2-3-9-15-11/h4,6,10-11,15H,2-3,5,7-9H2,1H3,(H,17,18). The summed E-state index contributed by atoms with van der Waals surface area (Å²) in [4.78, 5) is 16.0. The van der Waals surface area contributed by atoms with Gasteiger partial charge in [-0.2, -0.15) is 0 Å². The SMILES string of the molecule is COc1ncccc1NC(=O)CCC1CCCCN1. The van der Waals surface area contributed by atoms with Crippen LogP contribution in [0, 0.1) is 0 Å². The van der Waals surface area contributed by atoms with Crippen LogP contribution in [-0.4, -0.2) is 30.6 Å². The number of piperidine rings is 1. The second kappa shape index (κ2) is 7.09. The summed E-state index contributed by atoms with van der Waals surface area (Å²) < 4.78 is 5.10. The van der Waals surface area contributed by atoms with Crippen molar-refractivity contribution in [1.82, 2.24) is 10.3 Å². The molecule has 19 heavy (non-hydrogen) atoms. The number of carbonyl (C=O) groups excluding carboxylic acids is 1. The molecular formula is C14H21N3O2. The third-order valence-electron chi connectivity index (χ3n) is 3.37.